The van der Waals surface area contributed by atoms with E-state index in [2.05, 4.69) is 4.52 Å². The van der Waals surface area contributed by atoms with Gasteiger partial charge in [-0.25, -0.2) is 9.18 Å². The van der Waals surface area contributed by atoms with E-state index in [1.54, 1.807) is 0 Å². The quantitative estimate of drug-likeness (QED) is 0.724. The molecule has 5 atom stereocenters. The maximum Gasteiger partial charge on any atom is 0.494 e. The van der Waals surface area contributed by atoms with Gasteiger partial charge in [0.05, 0.1) is 0 Å². The lowest BCUT2D eigenvalue weighted by Gasteiger charge is -2.24. The molecule has 110 valence electrons. The molecule has 5 unspecified atom stereocenters. The number of hydrogen-bond acceptors (Lipinski definition) is 6. The third kappa shape index (κ3) is 2.57. The zero-order valence-electron chi connectivity index (χ0n) is 10.4. The SMILES string of the molecule is CC1(F)C(O)C(CO[PH+]=O)OC1n1ccc(=O)[nH]c1=O. The van der Waals surface area contributed by atoms with E-state index >= 15 is 0 Å². The molecular weight excluding hydrogens is 294 g/mol. The van der Waals surface area contributed by atoms with Crippen molar-refractivity contribution in [2.24, 2.45) is 0 Å². The normalized spacial score (nSPS) is 33.6. The van der Waals surface area contributed by atoms with Crippen molar-refractivity contribution in [3.63, 3.8) is 0 Å². The standard InChI is InChI=1S/C10H12FN2O6P/c1-10(11)7(15)5(4-18-20-17)19-8(10)13-3-2-6(14)12-9(13)16/h2-3,5,7-8,15,20H,4H2,1H3/p+1. The monoisotopic (exact) mass is 307 g/mol. The lowest BCUT2D eigenvalue weighted by atomic mass is 9.98. The Balaban J connectivity index is 2.34. The van der Waals surface area contributed by atoms with Crippen LogP contribution >= 0.6 is 8.69 Å². The fraction of sp³-hybridized carbons (Fsp3) is 0.600. The van der Waals surface area contributed by atoms with Crippen molar-refractivity contribution in [1.82, 2.24) is 9.55 Å². The van der Waals surface area contributed by atoms with Gasteiger partial charge in [0.2, 0.25) is 0 Å². The molecule has 2 rings (SSSR count). The molecule has 1 aromatic rings. The van der Waals surface area contributed by atoms with Crippen molar-refractivity contribution >= 4 is 8.69 Å². The van der Waals surface area contributed by atoms with Crippen molar-refractivity contribution < 1.29 is 23.3 Å². The number of rotatable bonds is 4. The summed E-state index contributed by atoms with van der Waals surface area (Å²) in [6.45, 7) is 0.788. The summed E-state index contributed by atoms with van der Waals surface area (Å²) >= 11 is 0. The molecule has 1 aliphatic heterocycles. The van der Waals surface area contributed by atoms with Gasteiger partial charge in [-0.2, -0.15) is 0 Å². The van der Waals surface area contributed by atoms with Gasteiger partial charge in [-0.15, -0.1) is 4.52 Å². The van der Waals surface area contributed by atoms with Gasteiger partial charge in [-0.3, -0.25) is 14.3 Å². The first-order valence-corrected chi connectivity index (χ1v) is 6.52. The van der Waals surface area contributed by atoms with Gasteiger partial charge in [0, 0.05) is 12.3 Å². The first-order chi connectivity index (χ1) is 9.37. The van der Waals surface area contributed by atoms with Crippen molar-refractivity contribution in [2.75, 3.05) is 6.61 Å². The minimum absolute atomic E-state index is 0.281. The van der Waals surface area contributed by atoms with Crippen LogP contribution in [0.4, 0.5) is 4.39 Å². The number of halogens is 1. The third-order valence-corrected chi connectivity index (χ3v) is 3.41. The van der Waals surface area contributed by atoms with Crippen LogP contribution in [-0.2, 0) is 13.8 Å². The largest absolute Gasteiger partial charge is 0.494 e. The number of ether oxygens (including phenoxy) is 1. The molecule has 0 saturated carbocycles. The molecule has 0 amide bonds. The van der Waals surface area contributed by atoms with E-state index in [0.717, 1.165) is 23.8 Å². The number of aliphatic hydroxyl groups excluding tert-OH is 1. The molecule has 1 aliphatic rings. The Hall–Kier alpha value is -1.41. The number of aliphatic hydroxyl groups is 1. The summed E-state index contributed by atoms with van der Waals surface area (Å²) in [5.74, 6) is 0. The molecule has 0 spiro atoms. The molecule has 1 saturated heterocycles. The fourth-order valence-electron chi connectivity index (χ4n) is 2.08. The van der Waals surface area contributed by atoms with Crippen LogP contribution in [0.3, 0.4) is 0 Å². The highest BCUT2D eigenvalue weighted by Gasteiger charge is 2.55. The van der Waals surface area contributed by atoms with Crippen LogP contribution in [0.25, 0.3) is 0 Å². The second kappa shape index (κ2) is 5.53. The fourth-order valence-corrected chi connectivity index (χ4v) is 2.31. The van der Waals surface area contributed by atoms with Crippen molar-refractivity contribution in [2.45, 2.75) is 31.0 Å². The van der Waals surface area contributed by atoms with Crippen molar-refractivity contribution in [3.05, 3.63) is 33.1 Å². The molecular formula is C10H13FN2O6P+. The number of nitrogens with one attached hydrogen (secondary N) is 1. The number of H-pyrrole nitrogens is 1. The van der Waals surface area contributed by atoms with E-state index in [1.807, 2.05) is 4.98 Å². The Morgan fingerprint density at radius 1 is 1.65 bits per heavy atom. The summed E-state index contributed by atoms with van der Waals surface area (Å²) in [4.78, 5) is 24.6. The predicted octanol–water partition coefficient (Wildman–Crippen LogP) is -0.521. The molecule has 1 aromatic heterocycles. The van der Waals surface area contributed by atoms with Crippen LogP contribution in [-0.4, -0.2) is 39.1 Å². The zero-order valence-corrected chi connectivity index (χ0v) is 11.4. The second-order valence-corrected chi connectivity index (χ2v) is 4.99. The maximum absolute atomic E-state index is 14.6. The molecule has 2 heterocycles. The van der Waals surface area contributed by atoms with Crippen LogP contribution in [0.5, 0.6) is 0 Å². The Kier molecular flexibility index (Phi) is 4.14. The van der Waals surface area contributed by atoms with Crippen LogP contribution in [0, 0.1) is 0 Å². The van der Waals surface area contributed by atoms with Crippen molar-refractivity contribution in [1.29, 1.82) is 0 Å². The number of aromatic nitrogens is 2. The van der Waals surface area contributed by atoms with Gasteiger partial charge in [0.1, 0.15) is 18.8 Å². The minimum Gasteiger partial charge on any atom is -0.387 e. The van der Waals surface area contributed by atoms with Gasteiger partial charge < -0.3 is 9.84 Å². The van der Waals surface area contributed by atoms with E-state index in [0.29, 0.717) is 0 Å². The number of aromatic amines is 1. The summed E-state index contributed by atoms with van der Waals surface area (Å²) in [5.41, 5.74) is -3.76. The number of nitrogens with zero attached hydrogens (tertiary/aromatic N) is 1. The molecule has 0 aliphatic carbocycles. The molecule has 0 radical (unpaired) electrons. The minimum atomic E-state index is -2.28. The maximum atomic E-state index is 14.6. The number of hydrogen-bond donors (Lipinski definition) is 2. The van der Waals surface area contributed by atoms with E-state index in [4.69, 9.17) is 4.74 Å². The van der Waals surface area contributed by atoms with Gasteiger partial charge in [0.25, 0.3) is 5.56 Å². The highest BCUT2D eigenvalue weighted by molar-refractivity contribution is 7.17. The summed E-state index contributed by atoms with van der Waals surface area (Å²) in [6, 6.07) is 1.04. The summed E-state index contributed by atoms with van der Waals surface area (Å²) in [6.07, 6.45) is -2.99. The molecule has 8 nitrogen and oxygen atoms in total. The predicted molar refractivity (Wildman–Crippen MR) is 65.7 cm³/mol. The Bertz CT molecular complexity index is 614. The van der Waals surface area contributed by atoms with Gasteiger partial charge >= 0.3 is 14.4 Å². The first kappa shape index (κ1) is 15.0. The van der Waals surface area contributed by atoms with E-state index in [-0.39, 0.29) is 6.61 Å². The van der Waals surface area contributed by atoms with Crippen LogP contribution in [0.2, 0.25) is 0 Å². The molecule has 10 heteroatoms. The van der Waals surface area contributed by atoms with Crippen molar-refractivity contribution in [3.8, 4) is 0 Å². The molecule has 2 N–H and O–H groups in total. The lowest BCUT2D eigenvalue weighted by molar-refractivity contribution is -0.0577. The van der Waals surface area contributed by atoms with Crippen LogP contribution in [0.15, 0.2) is 21.9 Å². The van der Waals surface area contributed by atoms with Crippen LogP contribution < -0.4 is 11.2 Å². The average Bonchev–Trinajstić information content (AvgIpc) is 2.60. The molecule has 20 heavy (non-hydrogen) atoms. The Morgan fingerprint density at radius 3 is 2.95 bits per heavy atom. The van der Waals surface area contributed by atoms with E-state index in [9.17, 15) is 23.7 Å². The van der Waals surface area contributed by atoms with Crippen LogP contribution in [0.1, 0.15) is 13.2 Å². The zero-order chi connectivity index (χ0) is 14.9. The summed E-state index contributed by atoms with van der Waals surface area (Å²) in [5, 5.41) is 9.85. The van der Waals surface area contributed by atoms with Gasteiger partial charge in [-0.1, -0.05) is 0 Å². The molecule has 0 bridgehead atoms. The first-order valence-electron chi connectivity index (χ1n) is 5.70. The summed E-state index contributed by atoms with van der Waals surface area (Å²) < 4.78 is 35.5. The van der Waals surface area contributed by atoms with Gasteiger partial charge in [0.15, 0.2) is 11.9 Å². The van der Waals surface area contributed by atoms with E-state index in [1.165, 1.54) is 0 Å². The molecule has 1 fully saturated rings. The van der Waals surface area contributed by atoms with E-state index < -0.39 is 44.0 Å². The third-order valence-electron chi connectivity index (χ3n) is 3.13. The number of alkyl halides is 1. The lowest BCUT2D eigenvalue weighted by Crippen LogP contribution is -2.43. The smallest absolute Gasteiger partial charge is 0.387 e. The molecule has 0 aromatic carbocycles. The second-order valence-electron chi connectivity index (χ2n) is 4.53. The van der Waals surface area contributed by atoms with Gasteiger partial charge in [-0.05, 0) is 11.5 Å². The topological polar surface area (TPSA) is 111 Å². The summed E-state index contributed by atoms with van der Waals surface area (Å²) in [7, 11) is -1.07. The Labute approximate surface area is 113 Å². The Morgan fingerprint density at radius 2 is 2.35 bits per heavy atom. The highest BCUT2D eigenvalue weighted by atomic mass is 31.1. The average molecular weight is 307 g/mol. The highest BCUT2D eigenvalue weighted by Crippen LogP contribution is 2.40.